The molecule has 1 fully saturated rings. The molecule has 3 N–H and O–H groups in total. The summed E-state index contributed by atoms with van der Waals surface area (Å²) in [5.74, 6) is -0.280. The van der Waals surface area contributed by atoms with Gasteiger partial charge in [0.1, 0.15) is 5.82 Å². The fourth-order valence-corrected chi connectivity index (χ4v) is 3.70. The normalized spacial score (nSPS) is 16.4. The zero-order valence-corrected chi connectivity index (χ0v) is 19.1. The number of hydrogen-bond acceptors (Lipinski definition) is 6. The number of aromatic nitrogens is 4. The number of H-pyrrole nitrogens is 1. The molecule has 1 saturated heterocycles. The van der Waals surface area contributed by atoms with Gasteiger partial charge in [0, 0.05) is 42.3 Å². The molecule has 2 aromatic heterocycles. The number of para-hydroxylation sites is 1. The van der Waals surface area contributed by atoms with E-state index in [2.05, 4.69) is 60.5 Å². The molecule has 0 amide bonds. The van der Waals surface area contributed by atoms with E-state index < -0.39 is 12.1 Å². The van der Waals surface area contributed by atoms with Crippen molar-refractivity contribution in [2.24, 2.45) is 0 Å². The van der Waals surface area contributed by atoms with Gasteiger partial charge >= 0.3 is 12.1 Å². The smallest absolute Gasteiger partial charge is 0.475 e. The number of hydrogen-bond donors (Lipinski definition) is 3. The number of fused-ring (bicyclic) bond motifs is 1. The maximum atomic E-state index is 10.6. The first-order valence-electron chi connectivity index (χ1n) is 10.5. The highest BCUT2D eigenvalue weighted by atomic mass is 35.5. The number of piperidine rings is 1. The van der Waals surface area contributed by atoms with Crippen LogP contribution in [0.2, 0.25) is 0 Å². The molecule has 1 aromatic carbocycles. The standard InChI is InChI=1S/C20H23ClN6.C2HF3O2/c1-14-23-19(22-10-5-9-21)26-20(24-14)27-11-4-7-16(13-27)18-12-15-6-2-3-8-17(15)25-18;3-2(4,5)1(6)7/h2-3,5-6,8-9,12,16,25H,4,7,10-11,13H2,1H3,(H,22,23,24,26);(H,6,7)/b9-5+;. The SMILES string of the molecule is Cc1nc(NC/C=C/Cl)nc(N2CCCC(c3cc4ccccc4[nH]3)C2)n1.O=C(O)C(F)(F)F. The highest BCUT2D eigenvalue weighted by Gasteiger charge is 2.38. The van der Waals surface area contributed by atoms with Crippen LogP contribution in [0.5, 0.6) is 0 Å². The first-order chi connectivity index (χ1) is 16.2. The Morgan fingerprint density at radius 1 is 1.32 bits per heavy atom. The van der Waals surface area contributed by atoms with Crippen molar-refractivity contribution in [3.63, 3.8) is 0 Å². The number of nitrogens with zero attached hydrogens (tertiary/aromatic N) is 4. The van der Waals surface area contributed by atoms with E-state index in [1.54, 1.807) is 0 Å². The molecule has 1 unspecified atom stereocenters. The Morgan fingerprint density at radius 3 is 2.74 bits per heavy atom. The third-order valence-electron chi connectivity index (χ3n) is 5.14. The highest BCUT2D eigenvalue weighted by Crippen LogP contribution is 2.30. The minimum atomic E-state index is -5.08. The number of rotatable bonds is 5. The molecule has 34 heavy (non-hydrogen) atoms. The van der Waals surface area contributed by atoms with Crippen LogP contribution in [-0.4, -0.2) is 56.8 Å². The van der Waals surface area contributed by atoms with Crippen LogP contribution in [0.15, 0.2) is 41.9 Å². The summed E-state index contributed by atoms with van der Waals surface area (Å²) in [7, 11) is 0. The van der Waals surface area contributed by atoms with Crippen molar-refractivity contribution in [1.29, 1.82) is 0 Å². The molecule has 182 valence electrons. The van der Waals surface area contributed by atoms with E-state index in [9.17, 15) is 13.2 Å². The predicted molar refractivity (Wildman–Crippen MR) is 124 cm³/mol. The van der Waals surface area contributed by atoms with E-state index >= 15 is 0 Å². The Labute approximate surface area is 198 Å². The Hall–Kier alpha value is -3.34. The van der Waals surface area contributed by atoms with Gasteiger partial charge in [-0.3, -0.25) is 0 Å². The van der Waals surface area contributed by atoms with Gasteiger partial charge in [-0.2, -0.15) is 28.1 Å². The Kier molecular flexibility index (Phi) is 8.32. The number of aliphatic carboxylic acids is 1. The maximum Gasteiger partial charge on any atom is 0.490 e. The second kappa shape index (κ2) is 11.2. The molecule has 1 atom stereocenters. The van der Waals surface area contributed by atoms with Crippen LogP contribution in [0.25, 0.3) is 10.9 Å². The van der Waals surface area contributed by atoms with Crippen LogP contribution in [0, 0.1) is 6.92 Å². The van der Waals surface area contributed by atoms with Crippen LogP contribution >= 0.6 is 11.6 Å². The summed E-state index contributed by atoms with van der Waals surface area (Å²) in [6.45, 7) is 4.34. The first-order valence-corrected chi connectivity index (χ1v) is 11.0. The number of alkyl halides is 3. The van der Waals surface area contributed by atoms with Gasteiger partial charge in [0.15, 0.2) is 0 Å². The molecule has 1 aliphatic heterocycles. The Balaban J connectivity index is 0.000000406. The van der Waals surface area contributed by atoms with E-state index in [-0.39, 0.29) is 0 Å². The molecule has 12 heteroatoms. The summed E-state index contributed by atoms with van der Waals surface area (Å²) in [6, 6.07) is 10.7. The van der Waals surface area contributed by atoms with Gasteiger partial charge in [-0.05, 0) is 37.3 Å². The zero-order chi connectivity index (χ0) is 24.7. The van der Waals surface area contributed by atoms with Crippen molar-refractivity contribution in [3.05, 3.63) is 53.5 Å². The second-order valence-corrected chi connectivity index (χ2v) is 7.90. The van der Waals surface area contributed by atoms with Gasteiger partial charge in [-0.1, -0.05) is 35.9 Å². The maximum absolute atomic E-state index is 10.6. The van der Waals surface area contributed by atoms with E-state index in [0.29, 0.717) is 24.2 Å². The number of nitrogens with one attached hydrogen (secondary N) is 2. The molecule has 0 bridgehead atoms. The lowest BCUT2D eigenvalue weighted by molar-refractivity contribution is -0.192. The number of aryl methyl sites for hydroxylation is 1. The summed E-state index contributed by atoms with van der Waals surface area (Å²) in [5.41, 5.74) is 3.97. The van der Waals surface area contributed by atoms with Gasteiger partial charge < -0.3 is 20.3 Å². The average molecular weight is 497 g/mol. The number of carbonyl (C=O) groups is 1. The number of anilines is 2. The Morgan fingerprint density at radius 2 is 2.06 bits per heavy atom. The van der Waals surface area contributed by atoms with Crippen molar-refractivity contribution in [2.75, 3.05) is 29.9 Å². The van der Waals surface area contributed by atoms with Crippen LogP contribution in [0.4, 0.5) is 25.1 Å². The Bertz CT molecular complexity index is 1120. The van der Waals surface area contributed by atoms with Gasteiger partial charge in [0.25, 0.3) is 0 Å². The molecule has 3 aromatic rings. The van der Waals surface area contributed by atoms with Crippen LogP contribution < -0.4 is 10.2 Å². The average Bonchev–Trinajstić information content (AvgIpc) is 3.23. The molecular formula is C22H24ClF3N6O2. The van der Waals surface area contributed by atoms with Crippen LogP contribution in [0.1, 0.15) is 30.3 Å². The van der Waals surface area contributed by atoms with Crippen molar-refractivity contribution >= 4 is 40.4 Å². The van der Waals surface area contributed by atoms with Gasteiger partial charge in [-0.25, -0.2) is 4.79 Å². The molecule has 0 spiro atoms. The minimum Gasteiger partial charge on any atom is -0.475 e. The fraction of sp³-hybridized carbons (Fsp3) is 0.364. The third-order valence-corrected chi connectivity index (χ3v) is 5.32. The molecule has 0 saturated carbocycles. The highest BCUT2D eigenvalue weighted by molar-refractivity contribution is 6.25. The first kappa shape index (κ1) is 25.3. The van der Waals surface area contributed by atoms with Gasteiger partial charge in [0.2, 0.25) is 11.9 Å². The number of benzene rings is 1. The number of aromatic amines is 1. The fourth-order valence-electron chi connectivity index (χ4n) is 3.61. The lowest BCUT2D eigenvalue weighted by atomic mass is 9.95. The third kappa shape index (κ3) is 6.83. The molecule has 0 aliphatic carbocycles. The number of carboxylic acid groups (broad SMARTS) is 1. The summed E-state index contributed by atoms with van der Waals surface area (Å²) in [4.78, 5) is 28.3. The molecular weight excluding hydrogens is 473 g/mol. The van der Waals surface area contributed by atoms with Crippen molar-refractivity contribution in [3.8, 4) is 0 Å². The molecule has 1 aliphatic rings. The topological polar surface area (TPSA) is 107 Å². The summed E-state index contributed by atoms with van der Waals surface area (Å²) >= 11 is 5.57. The number of halogens is 4. The van der Waals surface area contributed by atoms with Gasteiger partial charge in [-0.15, -0.1) is 0 Å². The summed E-state index contributed by atoms with van der Waals surface area (Å²) in [6.07, 6.45) is -0.991. The quantitative estimate of drug-likeness (QED) is 0.464. The van der Waals surface area contributed by atoms with E-state index in [0.717, 1.165) is 25.5 Å². The monoisotopic (exact) mass is 496 g/mol. The van der Waals surface area contributed by atoms with Crippen LogP contribution in [-0.2, 0) is 4.79 Å². The van der Waals surface area contributed by atoms with Gasteiger partial charge in [0.05, 0.1) is 0 Å². The number of carboxylic acids is 1. The lowest BCUT2D eigenvalue weighted by Gasteiger charge is -2.32. The minimum absolute atomic E-state index is 0.443. The van der Waals surface area contributed by atoms with Crippen molar-refractivity contribution < 1.29 is 23.1 Å². The molecule has 8 nitrogen and oxygen atoms in total. The van der Waals surface area contributed by atoms with E-state index in [1.165, 1.54) is 28.6 Å². The zero-order valence-electron chi connectivity index (χ0n) is 18.3. The van der Waals surface area contributed by atoms with Crippen LogP contribution in [0.3, 0.4) is 0 Å². The molecule has 3 heterocycles. The summed E-state index contributed by atoms with van der Waals surface area (Å²) in [5, 5.41) is 11.5. The van der Waals surface area contributed by atoms with Crippen molar-refractivity contribution in [1.82, 2.24) is 19.9 Å². The van der Waals surface area contributed by atoms with E-state index in [4.69, 9.17) is 21.5 Å². The summed E-state index contributed by atoms with van der Waals surface area (Å²) < 4.78 is 31.7. The van der Waals surface area contributed by atoms with Crippen molar-refractivity contribution in [2.45, 2.75) is 31.9 Å². The second-order valence-electron chi connectivity index (χ2n) is 7.65. The lowest BCUT2D eigenvalue weighted by Crippen LogP contribution is -2.36. The predicted octanol–water partition coefficient (Wildman–Crippen LogP) is 4.84. The van der Waals surface area contributed by atoms with E-state index in [1.807, 2.05) is 13.0 Å². The largest absolute Gasteiger partial charge is 0.490 e. The molecule has 4 rings (SSSR count). The molecule has 0 radical (unpaired) electrons.